The number of hydrogen-bond acceptors (Lipinski definition) is 9. The lowest BCUT2D eigenvalue weighted by Gasteiger charge is -2.66. The molecule has 8 rings (SSSR count). The summed E-state index contributed by atoms with van der Waals surface area (Å²) in [5, 5.41) is 56.9. The zero-order valence-electron chi connectivity index (χ0n) is 29.0. The Morgan fingerprint density at radius 1 is 0.936 bits per heavy atom. The van der Waals surface area contributed by atoms with Crippen LogP contribution in [0.4, 0.5) is 0 Å². The van der Waals surface area contributed by atoms with Gasteiger partial charge in [0.2, 0.25) is 0 Å². The maximum atomic E-state index is 13.3. The summed E-state index contributed by atoms with van der Waals surface area (Å²) in [6, 6.07) is 6.28. The highest BCUT2D eigenvalue weighted by Gasteiger charge is 2.87. The molecule has 6 N–H and O–H groups in total. The Balaban J connectivity index is 1.15. The third kappa shape index (κ3) is 4.05. The monoisotopic (exact) mass is 655 g/mol. The van der Waals surface area contributed by atoms with E-state index in [4.69, 9.17) is 18.9 Å². The molecule has 3 aliphatic carbocycles. The second-order valence-electron chi connectivity index (χ2n) is 17.8. The number of aromatic nitrogens is 1. The Labute approximate surface area is 276 Å². The van der Waals surface area contributed by atoms with E-state index in [1.54, 1.807) is 13.8 Å². The van der Waals surface area contributed by atoms with Gasteiger partial charge in [0.15, 0.2) is 11.9 Å². The van der Waals surface area contributed by atoms with Gasteiger partial charge in [-0.05, 0) is 96.8 Å². The van der Waals surface area contributed by atoms with Gasteiger partial charge in [-0.15, -0.1) is 0 Å². The van der Waals surface area contributed by atoms with Gasteiger partial charge in [0, 0.05) is 33.8 Å². The Morgan fingerprint density at radius 3 is 2.34 bits per heavy atom. The first-order chi connectivity index (χ1) is 21.7. The van der Waals surface area contributed by atoms with Crippen LogP contribution < -0.4 is 0 Å². The Morgan fingerprint density at radius 2 is 1.66 bits per heavy atom. The summed E-state index contributed by atoms with van der Waals surface area (Å²) in [4.78, 5) is 3.81. The predicted octanol–water partition coefficient (Wildman–Crippen LogP) is 3.15. The molecule has 1 aromatic carbocycles. The molecule has 4 heterocycles. The molecular formula is C37H53NO9. The normalized spacial score (nSPS) is 44.8. The van der Waals surface area contributed by atoms with Gasteiger partial charge in [-0.3, -0.25) is 0 Å². The van der Waals surface area contributed by atoms with Gasteiger partial charge in [-0.1, -0.05) is 26.0 Å². The molecule has 10 nitrogen and oxygen atoms in total. The number of H-pyrrole nitrogens is 1. The molecule has 1 spiro atoms. The Kier molecular flexibility index (Phi) is 6.65. The first-order valence-electron chi connectivity index (χ1n) is 17.5. The van der Waals surface area contributed by atoms with Crippen molar-refractivity contribution >= 4 is 10.9 Å². The van der Waals surface area contributed by atoms with Crippen molar-refractivity contribution in [2.45, 2.75) is 170 Å². The van der Waals surface area contributed by atoms with Crippen LogP contribution in [0.15, 0.2) is 18.2 Å². The molecule has 5 fully saturated rings. The SMILES string of the molecule is CC(C)(O)C(O)Cc1ccc2c3c([nH]c2c1)[C@@]1(C)[C@@H](CC[C@@]2(O)[C@@]45O[C@@H]4[C@@H]4O[C@H](C(O)C(C)(C)O)OC(C)(C)[C@H]4O[C@H]5CC[C@@]21C)C3. The lowest BCUT2D eigenvalue weighted by Crippen LogP contribution is -2.78. The van der Waals surface area contributed by atoms with Crippen molar-refractivity contribution in [3.8, 4) is 0 Å². The van der Waals surface area contributed by atoms with Crippen LogP contribution in [-0.2, 0) is 37.2 Å². The molecule has 2 aromatic rings. The highest BCUT2D eigenvalue weighted by Crippen LogP contribution is 2.75. The number of fused-ring (bicyclic) bond motifs is 9. The number of epoxide rings is 1. The van der Waals surface area contributed by atoms with Crippen molar-refractivity contribution in [2.24, 2.45) is 11.3 Å². The van der Waals surface area contributed by atoms with Crippen LogP contribution in [0.25, 0.3) is 10.9 Å². The summed E-state index contributed by atoms with van der Waals surface area (Å²) in [6.45, 7) is 14.7. The van der Waals surface area contributed by atoms with Gasteiger partial charge in [-0.25, -0.2) is 0 Å². The maximum Gasteiger partial charge on any atom is 0.187 e. The largest absolute Gasteiger partial charge is 0.390 e. The third-order valence-electron chi connectivity index (χ3n) is 13.9. The molecule has 6 aliphatic rings. The van der Waals surface area contributed by atoms with E-state index >= 15 is 0 Å². The average molecular weight is 656 g/mol. The summed E-state index contributed by atoms with van der Waals surface area (Å²) in [5.74, 6) is 0.349. The van der Waals surface area contributed by atoms with Gasteiger partial charge in [0.1, 0.15) is 30.0 Å². The molecule has 3 aliphatic heterocycles. The average Bonchev–Trinajstić information content (AvgIpc) is 3.55. The quantitative estimate of drug-likeness (QED) is 0.267. The number of ether oxygens (including phenoxy) is 4. The number of hydrogen-bond donors (Lipinski definition) is 6. The Bertz CT molecular complexity index is 1610. The van der Waals surface area contributed by atoms with Crippen LogP contribution >= 0.6 is 0 Å². The van der Waals surface area contributed by atoms with Gasteiger partial charge >= 0.3 is 0 Å². The molecule has 0 radical (unpaired) electrons. The fraction of sp³-hybridized carbons (Fsp3) is 0.784. The van der Waals surface area contributed by atoms with Gasteiger partial charge in [0.05, 0.1) is 29.0 Å². The van der Waals surface area contributed by atoms with Crippen LogP contribution in [0.1, 0.15) is 97.9 Å². The highest BCUT2D eigenvalue weighted by atomic mass is 16.8. The third-order valence-corrected chi connectivity index (χ3v) is 13.9. The van der Waals surface area contributed by atoms with Crippen molar-refractivity contribution in [1.82, 2.24) is 4.98 Å². The number of nitrogens with one attached hydrogen (secondary N) is 1. The van der Waals surface area contributed by atoms with Gasteiger partial charge in [0.25, 0.3) is 0 Å². The van der Waals surface area contributed by atoms with E-state index in [-0.39, 0.29) is 11.5 Å². The van der Waals surface area contributed by atoms with Crippen LogP contribution in [0.2, 0.25) is 0 Å². The number of aromatic amines is 1. The molecule has 10 heteroatoms. The van der Waals surface area contributed by atoms with Gasteiger partial charge < -0.3 is 49.5 Å². The molecule has 47 heavy (non-hydrogen) atoms. The number of benzene rings is 1. The van der Waals surface area contributed by atoms with Crippen LogP contribution in [0.5, 0.6) is 0 Å². The molecule has 0 amide bonds. The summed E-state index contributed by atoms with van der Waals surface area (Å²) >= 11 is 0. The van der Waals surface area contributed by atoms with E-state index in [2.05, 4.69) is 31.0 Å². The van der Waals surface area contributed by atoms with Crippen molar-refractivity contribution in [3.63, 3.8) is 0 Å². The highest BCUT2D eigenvalue weighted by molar-refractivity contribution is 5.87. The minimum absolute atomic E-state index is 0.331. The van der Waals surface area contributed by atoms with Gasteiger partial charge in [-0.2, -0.15) is 0 Å². The van der Waals surface area contributed by atoms with Crippen LogP contribution in [-0.4, -0.2) is 101 Å². The number of rotatable bonds is 5. The van der Waals surface area contributed by atoms with E-state index in [0.29, 0.717) is 18.8 Å². The summed E-state index contributed by atoms with van der Waals surface area (Å²) in [5.41, 5.74) is -2.10. The second-order valence-corrected chi connectivity index (χ2v) is 17.8. The molecule has 0 bridgehead atoms. The molecule has 260 valence electrons. The zero-order valence-corrected chi connectivity index (χ0v) is 29.0. The molecular weight excluding hydrogens is 602 g/mol. The van der Waals surface area contributed by atoms with Crippen LogP contribution in [0.3, 0.4) is 0 Å². The van der Waals surface area contributed by atoms with Crippen LogP contribution in [0, 0.1) is 11.3 Å². The summed E-state index contributed by atoms with van der Waals surface area (Å²) < 4.78 is 26.2. The van der Waals surface area contributed by atoms with Crippen molar-refractivity contribution in [2.75, 3.05) is 0 Å². The summed E-state index contributed by atoms with van der Waals surface area (Å²) in [6.07, 6.45) is -0.875. The van der Waals surface area contributed by atoms with Crippen molar-refractivity contribution in [3.05, 3.63) is 35.0 Å². The second kappa shape index (κ2) is 9.59. The first kappa shape index (κ1) is 32.6. The van der Waals surface area contributed by atoms with E-state index in [1.165, 1.54) is 30.5 Å². The number of aliphatic hydroxyl groups is 5. The lowest BCUT2D eigenvalue weighted by atomic mass is 9.40. The van der Waals surface area contributed by atoms with E-state index < -0.39 is 70.2 Å². The van der Waals surface area contributed by atoms with E-state index in [1.807, 2.05) is 19.9 Å². The van der Waals surface area contributed by atoms with Crippen molar-refractivity contribution in [1.29, 1.82) is 0 Å². The molecule has 2 unspecified atom stereocenters. The molecule has 12 atom stereocenters. The molecule has 2 saturated carbocycles. The van der Waals surface area contributed by atoms with E-state index in [9.17, 15) is 25.5 Å². The maximum absolute atomic E-state index is 13.3. The fourth-order valence-corrected chi connectivity index (χ4v) is 10.8. The smallest absolute Gasteiger partial charge is 0.187 e. The van der Waals surface area contributed by atoms with Crippen molar-refractivity contribution < 1.29 is 44.5 Å². The van der Waals surface area contributed by atoms with E-state index in [0.717, 1.165) is 36.8 Å². The first-order valence-corrected chi connectivity index (χ1v) is 17.5. The predicted molar refractivity (Wildman–Crippen MR) is 173 cm³/mol. The standard InChI is InChI=1S/C37H53NO9/c1-31(2,41)23(39)16-18-9-10-20-21-17-19-11-14-36(43)34(7,35(19,8)26(21)38-22(20)15-18)13-12-24-37(36)29(46-37)25-28(44-24)33(5,6)47-30(45-25)27(40)32(3,4)42/h9-10,15,19,23-25,27-30,38-43H,11-14,16-17H2,1-8H3/t19-,23?,24-,25+,27?,28-,29+,30-,34+,35+,36-,37-/m0/s1. The lowest BCUT2D eigenvalue weighted by molar-refractivity contribution is -0.375. The topological polar surface area (TPSA) is 157 Å². The number of aliphatic hydroxyl groups excluding tert-OH is 2. The summed E-state index contributed by atoms with van der Waals surface area (Å²) in [7, 11) is 0. The molecule has 1 aromatic heterocycles. The fourth-order valence-electron chi connectivity index (χ4n) is 10.8. The zero-order chi connectivity index (χ0) is 33.9. The minimum Gasteiger partial charge on any atom is -0.390 e. The minimum atomic E-state index is -1.45. The molecule has 3 saturated heterocycles. The Hall–Kier alpha value is -1.60.